The molecule has 0 amide bonds. The average Bonchev–Trinajstić information content (AvgIpc) is 2.28. The fourth-order valence-electron chi connectivity index (χ4n) is 1.12. The van der Waals surface area contributed by atoms with Gasteiger partial charge in [0, 0.05) is 0 Å². The predicted molar refractivity (Wildman–Crippen MR) is 62.1 cm³/mol. The Labute approximate surface area is 94.7 Å². The largest absolute Gasteiger partial charge is 0.508 e. The zero-order chi connectivity index (χ0) is 11.8. The minimum absolute atomic E-state index is 0.186. The van der Waals surface area contributed by atoms with Gasteiger partial charge in [0.2, 0.25) is 0 Å². The number of ether oxygens (including phenoxy) is 1. The van der Waals surface area contributed by atoms with Crippen molar-refractivity contribution >= 4 is 5.97 Å². The molecule has 0 aromatic heterocycles. The summed E-state index contributed by atoms with van der Waals surface area (Å²) in [5.74, 6) is -0.106. The van der Waals surface area contributed by atoms with Gasteiger partial charge in [0.05, 0.1) is 6.42 Å². The molecule has 0 spiro atoms. The van der Waals surface area contributed by atoms with Gasteiger partial charge in [-0.15, -0.1) is 0 Å². The fraction of sp³-hybridized carbons (Fsp3) is 0.154. The summed E-state index contributed by atoms with van der Waals surface area (Å²) in [5.41, 5.74) is 0.815. The molecule has 0 aliphatic rings. The number of rotatable bonds is 5. The summed E-state index contributed by atoms with van der Waals surface area (Å²) in [5, 5.41) is 9.06. The van der Waals surface area contributed by atoms with Gasteiger partial charge in [-0.3, -0.25) is 4.79 Å². The first-order valence-corrected chi connectivity index (χ1v) is 4.93. The Balaban J connectivity index is 2.36. The standard InChI is InChI=1S/C13H14O3/c1-2-3-4-9-16-13(15)10-11-5-7-12(14)8-6-11/h2-8,14H,1,9-10H2/b4-3-. The Morgan fingerprint density at radius 2 is 2.06 bits per heavy atom. The van der Waals surface area contributed by atoms with Crippen molar-refractivity contribution < 1.29 is 14.6 Å². The Hall–Kier alpha value is -2.03. The van der Waals surface area contributed by atoms with Crippen LogP contribution >= 0.6 is 0 Å². The van der Waals surface area contributed by atoms with Crippen LogP contribution in [0.25, 0.3) is 0 Å². The fourth-order valence-corrected chi connectivity index (χ4v) is 1.12. The third kappa shape index (κ3) is 4.46. The van der Waals surface area contributed by atoms with Gasteiger partial charge in [0.15, 0.2) is 0 Å². The smallest absolute Gasteiger partial charge is 0.310 e. The number of aromatic hydroxyl groups is 1. The molecule has 0 heterocycles. The summed E-state index contributed by atoms with van der Waals surface area (Å²) in [4.78, 5) is 11.3. The van der Waals surface area contributed by atoms with Gasteiger partial charge < -0.3 is 9.84 Å². The molecule has 0 unspecified atom stereocenters. The van der Waals surface area contributed by atoms with Crippen LogP contribution in [0.3, 0.4) is 0 Å². The third-order valence-electron chi connectivity index (χ3n) is 1.90. The first-order chi connectivity index (χ1) is 7.72. The van der Waals surface area contributed by atoms with Crippen molar-refractivity contribution in [1.82, 2.24) is 0 Å². The molecular formula is C13H14O3. The molecule has 1 aromatic rings. The van der Waals surface area contributed by atoms with E-state index in [1.807, 2.05) is 0 Å². The van der Waals surface area contributed by atoms with Gasteiger partial charge in [-0.2, -0.15) is 0 Å². The monoisotopic (exact) mass is 218 g/mol. The molecule has 0 atom stereocenters. The summed E-state index contributed by atoms with van der Waals surface area (Å²) in [6.07, 6.45) is 5.26. The Morgan fingerprint density at radius 3 is 2.69 bits per heavy atom. The molecule has 1 rings (SSSR count). The summed E-state index contributed by atoms with van der Waals surface area (Å²) >= 11 is 0. The summed E-state index contributed by atoms with van der Waals surface area (Å²) in [6, 6.07) is 6.47. The lowest BCUT2D eigenvalue weighted by Crippen LogP contribution is -2.07. The average molecular weight is 218 g/mol. The van der Waals surface area contributed by atoms with E-state index in [4.69, 9.17) is 9.84 Å². The van der Waals surface area contributed by atoms with Crippen molar-refractivity contribution in [3.8, 4) is 5.75 Å². The molecular weight excluding hydrogens is 204 g/mol. The minimum atomic E-state index is -0.292. The quantitative estimate of drug-likeness (QED) is 0.609. The van der Waals surface area contributed by atoms with Crippen LogP contribution in [-0.2, 0) is 16.0 Å². The first-order valence-electron chi connectivity index (χ1n) is 4.93. The highest BCUT2D eigenvalue weighted by Crippen LogP contribution is 2.10. The number of benzene rings is 1. The SMILES string of the molecule is C=C/C=C\COC(=O)Cc1ccc(O)cc1. The van der Waals surface area contributed by atoms with Crippen molar-refractivity contribution in [1.29, 1.82) is 0 Å². The maximum Gasteiger partial charge on any atom is 0.310 e. The molecule has 1 N–H and O–H groups in total. The van der Waals surface area contributed by atoms with Crippen molar-refractivity contribution in [2.45, 2.75) is 6.42 Å². The van der Waals surface area contributed by atoms with Crippen molar-refractivity contribution in [2.75, 3.05) is 6.61 Å². The number of phenolic OH excluding ortho intramolecular Hbond substituents is 1. The van der Waals surface area contributed by atoms with Gasteiger partial charge in [-0.05, 0) is 23.8 Å². The van der Waals surface area contributed by atoms with Crippen molar-refractivity contribution in [2.24, 2.45) is 0 Å². The molecule has 0 saturated heterocycles. The third-order valence-corrected chi connectivity index (χ3v) is 1.90. The van der Waals surface area contributed by atoms with Gasteiger partial charge in [0.1, 0.15) is 12.4 Å². The van der Waals surface area contributed by atoms with Gasteiger partial charge in [-0.1, -0.05) is 30.9 Å². The molecule has 0 aliphatic carbocycles. The van der Waals surface area contributed by atoms with Crippen LogP contribution in [0.5, 0.6) is 5.75 Å². The highest BCUT2D eigenvalue weighted by Gasteiger charge is 2.03. The van der Waals surface area contributed by atoms with Gasteiger partial charge in [0.25, 0.3) is 0 Å². The molecule has 84 valence electrons. The molecule has 0 fully saturated rings. The lowest BCUT2D eigenvalue weighted by molar-refractivity contribution is -0.141. The topological polar surface area (TPSA) is 46.5 Å². The van der Waals surface area contributed by atoms with Crippen LogP contribution in [0.15, 0.2) is 49.1 Å². The second kappa shape index (κ2) is 6.45. The van der Waals surface area contributed by atoms with Crippen LogP contribution in [0.4, 0.5) is 0 Å². The number of phenols is 1. The van der Waals surface area contributed by atoms with E-state index in [-0.39, 0.29) is 24.7 Å². The molecule has 16 heavy (non-hydrogen) atoms. The molecule has 0 radical (unpaired) electrons. The normalized spacial score (nSPS) is 10.2. The molecule has 1 aromatic carbocycles. The molecule has 3 nitrogen and oxygen atoms in total. The second-order valence-corrected chi connectivity index (χ2v) is 3.19. The lowest BCUT2D eigenvalue weighted by atomic mass is 10.1. The number of hydrogen-bond donors (Lipinski definition) is 1. The number of carbonyl (C=O) groups is 1. The molecule has 0 saturated carbocycles. The van der Waals surface area contributed by atoms with Crippen molar-refractivity contribution in [3.05, 3.63) is 54.6 Å². The zero-order valence-corrected chi connectivity index (χ0v) is 8.93. The Bertz CT molecular complexity index is 377. The number of hydrogen-bond acceptors (Lipinski definition) is 3. The van der Waals surface area contributed by atoms with E-state index >= 15 is 0 Å². The Morgan fingerprint density at radius 1 is 1.38 bits per heavy atom. The summed E-state index contributed by atoms with van der Waals surface area (Å²) < 4.78 is 4.94. The van der Waals surface area contributed by atoms with E-state index in [1.165, 1.54) is 0 Å². The summed E-state index contributed by atoms with van der Waals surface area (Å²) in [7, 11) is 0. The van der Waals surface area contributed by atoms with Crippen LogP contribution in [0.1, 0.15) is 5.56 Å². The van der Waals surface area contributed by atoms with Crippen LogP contribution in [0.2, 0.25) is 0 Å². The maximum atomic E-state index is 11.3. The van der Waals surface area contributed by atoms with E-state index in [0.29, 0.717) is 0 Å². The van der Waals surface area contributed by atoms with Gasteiger partial charge >= 0.3 is 5.97 Å². The van der Waals surface area contributed by atoms with Crippen LogP contribution in [0, 0.1) is 0 Å². The van der Waals surface area contributed by atoms with Crippen LogP contribution in [-0.4, -0.2) is 17.7 Å². The van der Waals surface area contributed by atoms with E-state index < -0.39 is 0 Å². The Kier molecular flexibility index (Phi) is 4.86. The minimum Gasteiger partial charge on any atom is -0.508 e. The number of esters is 1. The van der Waals surface area contributed by atoms with E-state index in [9.17, 15) is 4.79 Å². The number of carbonyl (C=O) groups excluding carboxylic acids is 1. The second-order valence-electron chi connectivity index (χ2n) is 3.19. The maximum absolute atomic E-state index is 11.3. The van der Waals surface area contributed by atoms with Crippen LogP contribution < -0.4 is 0 Å². The molecule has 0 bridgehead atoms. The zero-order valence-electron chi connectivity index (χ0n) is 8.93. The lowest BCUT2D eigenvalue weighted by Gasteiger charge is -2.02. The van der Waals surface area contributed by atoms with Crippen molar-refractivity contribution in [3.63, 3.8) is 0 Å². The summed E-state index contributed by atoms with van der Waals surface area (Å²) in [6.45, 7) is 3.76. The van der Waals surface area contributed by atoms with E-state index in [1.54, 1.807) is 42.5 Å². The van der Waals surface area contributed by atoms with Gasteiger partial charge in [-0.25, -0.2) is 0 Å². The highest BCUT2D eigenvalue weighted by molar-refractivity contribution is 5.72. The predicted octanol–water partition coefficient (Wildman–Crippen LogP) is 2.22. The van der Waals surface area contributed by atoms with E-state index in [2.05, 4.69) is 6.58 Å². The first kappa shape index (κ1) is 12.0. The highest BCUT2D eigenvalue weighted by atomic mass is 16.5. The molecule has 0 aliphatic heterocycles. The molecule has 3 heteroatoms. The number of allylic oxidation sites excluding steroid dienone is 2. The van der Waals surface area contributed by atoms with E-state index in [0.717, 1.165) is 5.56 Å².